The molecule has 0 heterocycles. The Hall–Kier alpha value is -0.570. The summed E-state index contributed by atoms with van der Waals surface area (Å²) in [6, 6.07) is 8.32. The van der Waals surface area contributed by atoms with Crippen LogP contribution in [0.15, 0.2) is 24.3 Å². The predicted molar refractivity (Wildman–Crippen MR) is 80.4 cm³/mol. The van der Waals surface area contributed by atoms with Gasteiger partial charge in [0.15, 0.2) is 0 Å². The fourth-order valence-corrected chi connectivity index (χ4v) is 3.21. The highest BCUT2D eigenvalue weighted by molar-refractivity contribution is 6.30. The summed E-state index contributed by atoms with van der Waals surface area (Å²) < 4.78 is 0. The topological polar surface area (TPSA) is 32.3 Å². The van der Waals surface area contributed by atoms with E-state index in [4.69, 9.17) is 11.6 Å². The molecule has 3 heteroatoms. The Bertz CT molecular complexity index is 396. The van der Waals surface area contributed by atoms with Crippen LogP contribution in [0.1, 0.15) is 44.2 Å². The monoisotopic (exact) mass is 281 g/mol. The van der Waals surface area contributed by atoms with Gasteiger partial charge < -0.3 is 10.4 Å². The van der Waals surface area contributed by atoms with Gasteiger partial charge in [-0.25, -0.2) is 0 Å². The minimum Gasteiger partial charge on any atom is -0.396 e. The third kappa shape index (κ3) is 4.20. The summed E-state index contributed by atoms with van der Waals surface area (Å²) in [5.41, 5.74) is 1.23. The van der Waals surface area contributed by atoms with Crippen molar-refractivity contribution in [3.8, 4) is 0 Å². The van der Waals surface area contributed by atoms with Gasteiger partial charge in [-0.3, -0.25) is 0 Å². The molecular formula is C16H24ClNO. The maximum Gasteiger partial charge on any atom is 0.0462 e. The molecular weight excluding hydrogens is 258 g/mol. The Balaban J connectivity index is 1.87. The lowest BCUT2D eigenvalue weighted by molar-refractivity contribution is 0.131. The summed E-state index contributed by atoms with van der Waals surface area (Å²) in [4.78, 5) is 0. The first kappa shape index (κ1) is 14.8. The summed E-state index contributed by atoms with van der Waals surface area (Å²) in [6.45, 7) is 3.49. The predicted octanol–water partition coefficient (Wildman–Crippen LogP) is 3.79. The van der Waals surface area contributed by atoms with Crippen molar-refractivity contribution < 1.29 is 5.11 Å². The molecule has 1 aliphatic carbocycles. The number of halogens is 1. The molecule has 0 radical (unpaired) electrons. The maximum atomic E-state index is 9.43. The second kappa shape index (κ2) is 7.28. The molecule has 3 atom stereocenters. The highest BCUT2D eigenvalue weighted by atomic mass is 35.5. The second-order valence-corrected chi connectivity index (χ2v) is 6.11. The zero-order valence-corrected chi connectivity index (χ0v) is 12.4. The summed E-state index contributed by atoms with van der Waals surface area (Å²) in [5.74, 6) is 1.09. The van der Waals surface area contributed by atoms with Crippen molar-refractivity contribution in [3.63, 3.8) is 0 Å². The van der Waals surface area contributed by atoms with Gasteiger partial charge in [-0.15, -0.1) is 0 Å². The zero-order valence-electron chi connectivity index (χ0n) is 11.6. The minimum atomic E-state index is 0.306. The van der Waals surface area contributed by atoms with Crippen LogP contribution in [-0.2, 0) is 0 Å². The summed E-state index contributed by atoms with van der Waals surface area (Å²) in [6.07, 6.45) is 4.98. The number of aliphatic hydroxyl groups excluding tert-OH is 1. The Morgan fingerprint density at radius 3 is 2.74 bits per heavy atom. The lowest BCUT2D eigenvalue weighted by Crippen LogP contribution is -2.33. The van der Waals surface area contributed by atoms with Gasteiger partial charge in [-0.1, -0.05) is 36.6 Å². The molecule has 2 rings (SSSR count). The van der Waals surface area contributed by atoms with Crippen LogP contribution in [-0.4, -0.2) is 18.3 Å². The average molecular weight is 282 g/mol. The van der Waals surface area contributed by atoms with Crippen molar-refractivity contribution in [2.45, 2.75) is 38.6 Å². The SMILES string of the molecule is CC(NCC1CCCCC1CO)c1cccc(Cl)c1. The van der Waals surface area contributed by atoms with Crippen LogP contribution in [0.4, 0.5) is 0 Å². The van der Waals surface area contributed by atoms with Crippen molar-refractivity contribution in [2.24, 2.45) is 11.8 Å². The van der Waals surface area contributed by atoms with Crippen LogP contribution in [0.3, 0.4) is 0 Å². The molecule has 1 aliphatic rings. The fourth-order valence-electron chi connectivity index (χ4n) is 3.02. The van der Waals surface area contributed by atoms with Crippen LogP contribution in [0, 0.1) is 11.8 Å². The molecule has 0 spiro atoms. The van der Waals surface area contributed by atoms with Crippen LogP contribution in [0.5, 0.6) is 0 Å². The molecule has 1 aromatic carbocycles. The highest BCUT2D eigenvalue weighted by Crippen LogP contribution is 2.29. The molecule has 0 amide bonds. The third-order valence-electron chi connectivity index (χ3n) is 4.34. The van der Waals surface area contributed by atoms with Gasteiger partial charge in [-0.2, -0.15) is 0 Å². The molecule has 1 saturated carbocycles. The van der Waals surface area contributed by atoms with Crippen LogP contribution < -0.4 is 5.32 Å². The Morgan fingerprint density at radius 1 is 1.32 bits per heavy atom. The molecule has 1 aromatic rings. The summed E-state index contributed by atoms with van der Waals surface area (Å²) in [5, 5.41) is 13.8. The van der Waals surface area contributed by atoms with E-state index < -0.39 is 0 Å². The molecule has 19 heavy (non-hydrogen) atoms. The van der Waals surface area contributed by atoms with Crippen LogP contribution in [0.2, 0.25) is 5.02 Å². The van der Waals surface area contributed by atoms with E-state index in [-0.39, 0.29) is 0 Å². The Labute approximate surface area is 121 Å². The lowest BCUT2D eigenvalue weighted by atomic mass is 9.79. The third-order valence-corrected chi connectivity index (χ3v) is 4.57. The van der Waals surface area contributed by atoms with Crippen molar-refractivity contribution >= 4 is 11.6 Å². The van der Waals surface area contributed by atoms with Crippen molar-refractivity contribution in [1.29, 1.82) is 0 Å². The van der Waals surface area contributed by atoms with E-state index >= 15 is 0 Å². The number of hydrogen-bond acceptors (Lipinski definition) is 2. The van der Waals surface area contributed by atoms with Crippen molar-refractivity contribution in [1.82, 2.24) is 5.32 Å². The molecule has 2 nitrogen and oxygen atoms in total. The van der Waals surface area contributed by atoms with Gasteiger partial charge in [0.1, 0.15) is 0 Å². The number of benzene rings is 1. The van der Waals surface area contributed by atoms with E-state index in [9.17, 15) is 5.11 Å². The number of rotatable bonds is 5. The molecule has 3 unspecified atom stereocenters. The van der Waals surface area contributed by atoms with Gasteiger partial charge >= 0.3 is 0 Å². The van der Waals surface area contributed by atoms with E-state index in [0.29, 0.717) is 24.5 Å². The molecule has 0 aromatic heterocycles. The molecule has 106 valence electrons. The minimum absolute atomic E-state index is 0.306. The normalized spacial score (nSPS) is 25.2. The number of hydrogen-bond donors (Lipinski definition) is 2. The van der Waals surface area contributed by atoms with Gasteiger partial charge in [0.05, 0.1) is 0 Å². The van der Waals surface area contributed by atoms with Crippen LogP contribution >= 0.6 is 11.6 Å². The first-order chi connectivity index (χ1) is 9.20. The summed E-state index contributed by atoms with van der Waals surface area (Å²) >= 11 is 6.02. The quantitative estimate of drug-likeness (QED) is 0.861. The largest absolute Gasteiger partial charge is 0.396 e. The van der Waals surface area contributed by atoms with E-state index in [0.717, 1.165) is 11.6 Å². The van der Waals surface area contributed by atoms with E-state index in [1.165, 1.54) is 31.2 Å². The Kier molecular flexibility index (Phi) is 5.68. The molecule has 0 aliphatic heterocycles. The molecule has 1 fully saturated rings. The fraction of sp³-hybridized carbons (Fsp3) is 0.625. The average Bonchev–Trinajstić information content (AvgIpc) is 2.45. The highest BCUT2D eigenvalue weighted by Gasteiger charge is 2.24. The van der Waals surface area contributed by atoms with Gasteiger partial charge in [-0.05, 0) is 55.8 Å². The maximum absolute atomic E-state index is 9.43. The summed E-state index contributed by atoms with van der Waals surface area (Å²) in [7, 11) is 0. The van der Waals surface area contributed by atoms with E-state index in [2.05, 4.69) is 18.3 Å². The number of aliphatic hydroxyl groups is 1. The Morgan fingerprint density at radius 2 is 2.05 bits per heavy atom. The van der Waals surface area contributed by atoms with Crippen molar-refractivity contribution in [3.05, 3.63) is 34.9 Å². The second-order valence-electron chi connectivity index (χ2n) is 5.67. The van der Waals surface area contributed by atoms with Gasteiger partial charge in [0.25, 0.3) is 0 Å². The van der Waals surface area contributed by atoms with Crippen molar-refractivity contribution in [2.75, 3.05) is 13.2 Å². The lowest BCUT2D eigenvalue weighted by Gasteiger charge is -2.31. The first-order valence-corrected chi connectivity index (χ1v) is 7.68. The molecule has 2 N–H and O–H groups in total. The number of nitrogens with one attached hydrogen (secondary N) is 1. The van der Waals surface area contributed by atoms with Gasteiger partial charge in [0, 0.05) is 17.7 Å². The molecule has 0 saturated heterocycles. The van der Waals surface area contributed by atoms with E-state index in [1.807, 2.05) is 18.2 Å². The van der Waals surface area contributed by atoms with Crippen LogP contribution in [0.25, 0.3) is 0 Å². The smallest absolute Gasteiger partial charge is 0.0462 e. The standard InChI is InChI=1S/C16H24ClNO/c1-12(13-7-4-8-16(17)9-13)18-10-14-5-2-3-6-15(14)11-19/h4,7-9,12,14-15,18-19H,2-3,5-6,10-11H2,1H3. The van der Waals surface area contributed by atoms with Gasteiger partial charge in [0.2, 0.25) is 0 Å². The first-order valence-electron chi connectivity index (χ1n) is 7.30. The zero-order chi connectivity index (χ0) is 13.7. The molecule has 0 bridgehead atoms. The van der Waals surface area contributed by atoms with E-state index in [1.54, 1.807) is 0 Å².